The van der Waals surface area contributed by atoms with Gasteiger partial charge in [-0.15, -0.1) is 0 Å². The average Bonchev–Trinajstić information content (AvgIpc) is 2.79. The van der Waals surface area contributed by atoms with Crippen molar-refractivity contribution in [2.45, 2.75) is 33.6 Å². The highest BCUT2D eigenvalue weighted by Gasteiger charge is 2.37. The summed E-state index contributed by atoms with van der Waals surface area (Å²) in [6, 6.07) is 5.43. The number of hydrogen-bond donors (Lipinski definition) is 1. The molecular formula is C17H21FN2O. The van der Waals surface area contributed by atoms with E-state index in [9.17, 15) is 9.18 Å². The third-order valence-corrected chi connectivity index (χ3v) is 4.14. The number of carbonyl (C=O) groups is 1. The molecule has 0 saturated carbocycles. The van der Waals surface area contributed by atoms with E-state index in [1.165, 1.54) is 0 Å². The number of hydrogen-bond acceptors (Lipinski definition) is 1. The fourth-order valence-electron chi connectivity index (χ4n) is 3.04. The summed E-state index contributed by atoms with van der Waals surface area (Å²) in [6.07, 6.45) is 0. The van der Waals surface area contributed by atoms with Crippen LogP contribution in [0.2, 0.25) is 0 Å². The maximum absolute atomic E-state index is 14.5. The van der Waals surface area contributed by atoms with Gasteiger partial charge in [0, 0.05) is 18.5 Å². The molecule has 0 bridgehead atoms. The summed E-state index contributed by atoms with van der Waals surface area (Å²) < 4.78 is 14.5. The largest absolute Gasteiger partial charge is 0.348 e. The van der Waals surface area contributed by atoms with Crippen molar-refractivity contribution in [3.8, 4) is 0 Å². The molecule has 1 N–H and O–H groups in total. The van der Waals surface area contributed by atoms with E-state index in [0.29, 0.717) is 16.8 Å². The van der Waals surface area contributed by atoms with E-state index in [2.05, 4.69) is 18.8 Å². The highest BCUT2D eigenvalue weighted by Crippen LogP contribution is 2.31. The Morgan fingerprint density at radius 3 is 2.57 bits per heavy atom. The Bertz CT molecular complexity index is 707. The first-order chi connectivity index (χ1) is 9.78. The molecule has 0 atom stereocenters. The van der Waals surface area contributed by atoms with Crippen LogP contribution < -0.4 is 0 Å². The predicted molar refractivity (Wildman–Crippen MR) is 82.0 cm³/mol. The van der Waals surface area contributed by atoms with Crippen LogP contribution in [-0.4, -0.2) is 28.9 Å². The Labute approximate surface area is 124 Å². The maximum Gasteiger partial charge on any atom is 0.270 e. The van der Waals surface area contributed by atoms with Gasteiger partial charge in [-0.1, -0.05) is 39.8 Å². The van der Waals surface area contributed by atoms with Gasteiger partial charge in [-0.2, -0.15) is 0 Å². The Kier molecular flexibility index (Phi) is 3.08. The molecule has 1 saturated heterocycles. The molecule has 0 spiro atoms. The van der Waals surface area contributed by atoms with Crippen LogP contribution in [0.1, 0.15) is 49.7 Å². The highest BCUT2D eigenvalue weighted by molar-refractivity contribution is 5.98. The predicted octanol–water partition coefficient (Wildman–Crippen LogP) is 3.91. The Morgan fingerprint density at radius 1 is 1.33 bits per heavy atom. The lowest BCUT2D eigenvalue weighted by molar-refractivity contribution is 0.0232. The van der Waals surface area contributed by atoms with E-state index in [-0.39, 0.29) is 23.1 Å². The minimum atomic E-state index is -0.245. The van der Waals surface area contributed by atoms with Gasteiger partial charge in [0.25, 0.3) is 5.91 Å². The zero-order valence-corrected chi connectivity index (χ0v) is 13.0. The minimum Gasteiger partial charge on any atom is -0.348 e. The number of rotatable bonds is 2. The van der Waals surface area contributed by atoms with Gasteiger partial charge < -0.3 is 9.88 Å². The third kappa shape index (κ3) is 2.33. The summed E-state index contributed by atoms with van der Waals surface area (Å²) in [7, 11) is 0. The van der Waals surface area contributed by atoms with Crippen LogP contribution in [0.5, 0.6) is 0 Å². The molecule has 0 radical (unpaired) electrons. The molecule has 1 aliphatic rings. The molecule has 1 aliphatic heterocycles. The first kappa shape index (κ1) is 14.1. The number of amides is 1. The molecule has 1 aromatic heterocycles. The van der Waals surface area contributed by atoms with E-state index in [4.69, 9.17) is 0 Å². The molecule has 0 aliphatic carbocycles. The van der Waals surface area contributed by atoms with Gasteiger partial charge in [0.1, 0.15) is 5.69 Å². The summed E-state index contributed by atoms with van der Waals surface area (Å²) in [5.41, 5.74) is 1.77. The van der Waals surface area contributed by atoms with Gasteiger partial charge in [0.2, 0.25) is 0 Å². The molecule has 1 aromatic carbocycles. The molecular weight excluding hydrogens is 267 g/mol. The Hall–Kier alpha value is -1.84. The number of likely N-dealkylation sites (tertiary alicyclic amines) is 1. The molecule has 2 aromatic rings. The van der Waals surface area contributed by atoms with Crippen molar-refractivity contribution >= 4 is 16.8 Å². The van der Waals surface area contributed by atoms with Crippen molar-refractivity contribution in [1.29, 1.82) is 0 Å². The minimum absolute atomic E-state index is 0.0454. The van der Waals surface area contributed by atoms with E-state index in [1.54, 1.807) is 17.0 Å². The van der Waals surface area contributed by atoms with Gasteiger partial charge in [-0.05, 0) is 23.0 Å². The monoisotopic (exact) mass is 288 g/mol. The van der Waals surface area contributed by atoms with Crippen LogP contribution in [0.3, 0.4) is 0 Å². The van der Waals surface area contributed by atoms with Gasteiger partial charge in [-0.25, -0.2) is 4.39 Å². The Morgan fingerprint density at radius 2 is 2.00 bits per heavy atom. The van der Waals surface area contributed by atoms with E-state index in [1.807, 2.05) is 19.9 Å². The Balaban J connectivity index is 1.95. The first-order valence-corrected chi connectivity index (χ1v) is 7.39. The standard InChI is InChI=1S/C17H21FN2O/c1-10(2)12-6-5-11-7-13(19-15(11)14(12)18)16(21)20-8-17(3,4)9-20/h5-7,10,19H,8-9H2,1-4H3. The number of nitrogens with one attached hydrogen (secondary N) is 1. The van der Waals surface area contributed by atoms with E-state index < -0.39 is 0 Å². The zero-order valence-electron chi connectivity index (χ0n) is 13.0. The van der Waals surface area contributed by atoms with Gasteiger partial charge >= 0.3 is 0 Å². The normalized spacial score (nSPS) is 17.3. The number of halogens is 1. The fraction of sp³-hybridized carbons (Fsp3) is 0.471. The molecule has 2 heterocycles. The summed E-state index contributed by atoms with van der Waals surface area (Å²) in [4.78, 5) is 17.2. The number of aromatic nitrogens is 1. The lowest BCUT2D eigenvalue weighted by Crippen LogP contribution is -2.55. The second-order valence-corrected chi connectivity index (χ2v) is 7.10. The summed E-state index contributed by atoms with van der Waals surface area (Å²) in [6.45, 7) is 9.69. The van der Waals surface area contributed by atoms with Crippen molar-refractivity contribution in [2.24, 2.45) is 5.41 Å². The van der Waals surface area contributed by atoms with Crippen LogP contribution >= 0.6 is 0 Å². The molecule has 3 nitrogen and oxygen atoms in total. The lowest BCUT2D eigenvalue weighted by Gasteiger charge is -2.45. The number of nitrogens with zero attached hydrogens (tertiary/aromatic N) is 1. The smallest absolute Gasteiger partial charge is 0.270 e. The second-order valence-electron chi connectivity index (χ2n) is 7.10. The van der Waals surface area contributed by atoms with E-state index >= 15 is 0 Å². The quantitative estimate of drug-likeness (QED) is 0.893. The van der Waals surface area contributed by atoms with Crippen LogP contribution in [0.4, 0.5) is 4.39 Å². The molecule has 4 heteroatoms. The highest BCUT2D eigenvalue weighted by atomic mass is 19.1. The summed E-state index contributed by atoms with van der Waals surface area (Å²) in [5, 5.41) is 0.750. The van der Waals surface area contributed by atoms with Crippen LogP contribution in [0.25, 0.3) is 10.9 Å². The third-order valence-electron chi connectivity index (χ3n) is 4.14. The molecule has 1 amide bonds. The van der Waals surface area contributed by atoms with Crippen molar-refractivity contribution in [3.05, 3.63) is 35.3 Å². The fourth-order valence-corrected chi connectivity index (χ4v) is 3.04. The number of aromatic amines is 1. The number of benzene rings is 1. The topological polar surface area (TPSA) is 36.1 Å². The van der Waals surface area contributed by atoms with Crippen molar-refractivity contribution in [2.75, 3.05) is 13.1 Å². The number of H-pyrrole nitrogens is 1. The van der Waals surface area contributed by atoms with Gasteiger partial charge in [0.05, 0.1) is 5.52 Å². The SMILES string of the molecule is CC(C)c1ccc2cc(C(=O)N3CC(C)(C)C3)[nH]c2c1F. The average molecular weight is 288 g/mol. The van der Waals surface area contributed by atoms with Crippen molar-refractivity contribution in [1.82, 2.24) is 9.88 Å². The number of carbonyl (C=O) groups excluding carboxylic acids is 1. The van der Waals surface area contributed by atoms with E-state index in [0.717, 1.165) is 18.5 Å². The zero-order chi connectivity index (χ0) is 15.4. The van der Waals surface area contributed by atoms with Crippen LogP contribution in [0, 0.1) is 11.2 Å². The molecule has 112 valence electrons. The summed E-state index contributed by atoms with van der Waals surface area (Å²) >= 11 is 0. The lowest BCUT2D eigenvalue weighted by atomic mass is 9.84. The van der Waals surface area contributed by atoms with Gasteiger partial charge in [0.15, 0.2) is 5.82 Å². The molecule has 21 heavy (non-hydrogen) atoms. The van der Waals surface area contributed by atoms with Crippen molar-refractivity contribution in [3.63, 3.8) is 0 Å². The van der Waals surface area contributed by atoms with Crippen LogP contribution in [0.15, 0.2) is 18.2 Å². The number of fused-ring (bicyclic) bond motifs is 1. The molecule has 1 fully saturated rings. The molecule has 0 unspecified atom stereocenters. The first-order valence-electron chi connectivity index (χ1n) is 7.39. The molecule has 3 rings (SSSR count). The van der Waals surface area contributed by atoms with Crippen LogP contribution in [-0.2, 0) is 0 Å². The second kappa shape index (κ2) is 4.58. The van der Waals surface area contributed by atoms with Gasteiger partial charge in [-0.3, -0.25) is 4.79 Å². The summed E-state index contributed by atoms with van der Waals surface area (Å²) in [5.74, 6) is -0.172. The maximum atomic E-state index is 14.5. The van der Waals surface area contributed by atoms with Crippen molar-refractivity contribution < 1.29 is 9.18 Å².